The second-order valence-corrected chi connectivity index (χ2v) is 8.31. The molecule has 1 aliphatic heterocycles. The molecule has 6 heteroatoms. The van der Waals surface area contributed by atoms with Crippen LogP contribution in [0.1, 0.15) is 39.2 Å². The van der Waals surface area contributed by atoms with E-state index in [2.05, 4.69) is 11.7 Å². The zero-order valence-corrected chi connectivity index (χ0v) is 16.8. The molecule has 0 bridgehead atoms. The van der Waals surface area contributed by atoms with Crippen molar-refractivity contribution in [3.63, 3.8) is 0 Å². The lowest BCUT2D eigenvalue weighted by molar-refractivity contribution is 0.0177. The number of carbonyl (C=O) groups is 1. The first kappa shape index (κ1) is 20.1. The van der Waals surface area contributed by atoms with E-state index in [-0.39, 0.29) is 11.9 Å². The molecule has 150 valence electrons. The summed E-state index contributed by atoms with van der Waals surface area (Å²) >= 11 is 0. The van der Waals surface area contributed by atoms with Crippen LogP contribution in [0.2, 0.25) is 0 Å². The van der Waals surface area contributed by atoms with Crippen molar-refractivity contribution in [3.8, 4) is 11.1 Å². The van der Waals surface area contributed by atoms with Gasteiger partial charge in [0.1, 0.15) is 11.4 Å². The number of halogens is 1. The van der Waals surface area contributed by atoms with Crippen LogP contribution in [0, 0.1) is 11.7 Å². The number of hydrogen-bond acceptors (Lipinski definition) is 3. The molecule has 28 heavy (non-hydrogen) atoms. The summed E-state index contributed by atoms with van der Waals surface area (Å²) in [4.78, 5) is 13.9. The highest BCUT2D eigenvalue weighted by Gasteiger charge is 2.27. The molecule has 3 rings (SSSR count). The quantitative estimate of drug-likeness (QED) is 0.746. The van der Waals surface area contributed by atoms with Crippen molar-refractivity contribution < 1.29 is 13.9 Å². The fourth-order valence-corrected chi connectivity index (χ4v) is 3.38. The minimum absolute atomic E-state index is 0.245. The number of piperidine rings is 1. The van der Waals surface area contributed by atoms with Gasteiger partial charge in [-0.2, -0.15) is 5.10 Å². The third-order valence-corrected chi connectivity index (χ3v) is 4.88. The van der Waals surface area contributed by atoms with Gasteiger partial charge in [-0.15, -0.1) is 0 Å². The van der Waals surface area contributed by atoms with Crippen LogP contribution in [0.15, 0.2) is 37.2 Å². The Bertz CT molecular complexity index is 846. The lowest BCUT2D eigenvalue weighted by Gasteiger charge is -2.33. The molecule has 0 spiro atoms. The Morgan fingerprint density at radius 2 is 2.07 bits per heavy atom. The van der Waals surface area contributed by atoms with Crippen LogP contribution < -0.4 is 0 Å². The molecule has 1 aliphatic rings. The van der Waals surface area contributed by atoms with Gasteiger partial charge >= 0.3 is 6.09 Å². The molecule has 0 radical (unpaired) electrons. The SMILES string of the molecule is C=Cc1ccc(F)c(-c2cnn(CC3CCN(C(=O)OC(C)(C)C)CC3)c2)c1. The van der Waals surface area contributed by atoms with Crippen LogP contribution in [0.25, 0.3) is 17.2 Å². The molecule has 1 amide bonds. The summed E-state index contributed by atoms with van der Waals surface area (Å²) in [5.74, 6) is 0.159. The maximum absolute atomic E-state index is 14.2. The van der Waals surface area contributed by atoms with E-state index < -0.39 is 5.60 Å². The predicted molar refractivity (Wildman–Crippen MR) is 108 cm³/mol. The summed E-state index contributed by atoms with van der Waals surface area (Å²) in [5.41, 5.74) is 1.69. The van der Waals surface area contributed by atoms with Crippen LogP contribution in [-0.2, 0) is 11.3 Å². The maximum Gasteiger partial charge on any atom is 0.410 e. The summed E-state index contributed by atoms with van der Waals surface area (Å²) in [7, 11) is 0. The van der Waals surface area contributed by atoms with Crippen molar-refractivity contribution in [2.75, 3.05) is 13.1 Å². The summed E-state index contributed by atoms with van der Waals surface area (Å²) < 4.78 is 21.5. The van der Waals surface area contributed by atoms with Gasteiger partial charge in [0.25, 0.3) is 0 Å². The largest absolute Gasteiger partial charge is 0.444 e. The van der Waals surface area contributed by atoms with Gasteiger partial charge in [0.05, 0.1) is 6.20 Å². The van der Waals surface area contributed by atoms with Crippen molar-refractivity contribution in [3.05, 3.63) is 48.6 Å². The molecule has 0 saturated carbocycles. The zero-order valence-electron chi connectivity index (χ0n) is 16.8. The minimum atomic E-state index is -0.475. The second-order valence-electron chi connectivity index (χ2n) is 8.31. The van der Waals surface area contributed by atoms with E-state index in [9.17, 15) is 9.18 Å². The third-order valence-electron chi connectivity index (χ3n) is 4.88. The number of amides is 1. The number of carbonyl (C=O) groups excluding carboxylic acids is 1. The molecular weight excluding hydrogens is 357 g/mol. The Balaban J connectivity index is 1.58. The summed E-state index contributed by atoms with van der Waals surface area (Å²) in [6.07, 6.45) is 6.83. The predicted octanol–water partition coefficient (Wildman–Crippen LogP) is 4.98. The highest BCUT2D eigenvalue weighted by atomic mass is 19.1. The highest BCUT2D eigenvalue weighted by molar-refractivity contribution is 5.68. The molecule has 0 unspecified atom stereocenters. The minimum Gasteiger partial charge on any atom is -0.444 e. The Morgan fingerprint density at radius 1 is 1.36 bits per heavy atom. The first-order chi connectivity index (χ1) is 13.2. The van der Waals surface area contributed by atoms with Gasteiger partial charge in [-0.3, -0.25) is 4.68 Å². The molecule has 0 aliphatic carbocycles. The highest BCUT2D eigenvalue weighted by Crippen LogP contribution is 2.26. The van der Waals surface area contributed by atoms with E-state index in [1.807, 2.05) is 31.6 Å². The van der Waals surface area contributed by atoms with Gasteiger partial charge in [-0.25, -0.2) is 9.18 Å². The molecule has 1 saturated heterocycles. The summed E-state index contributed by atoms with van der Waals surface area (Å²) in [6.45, 7) is 11.5. The number of nitrogens with zero attached hydrogens (tertiary/aromatic N) is 3. The van der Waals surface area contributed by atoms with Crippen molar-refractivity contribution in [1.82, 2.24) is 14.7 Å². The Hall–Kier alpha value is -2.63. The lowest BCUT2D eigenvalue weighted by Crippen LogP contribution is -2.42. The van der Waals surface area contributed by atoms with Gasteiger partial charge in [-0.1, -0.05) is 18.7 Å². The molecule has 0 N–H and O–H groups in total. The van der Waals surface area contributed by atoms with Crippen molar-refractivity contribution in [2.24, 2.45) is 5.92 Å². The topological polar surface area (TPSA) is 47.4 Å². The van der Waals surface area contributed by atoms with E-state index >= 15 is 0 Å². The monoisotopic (exact) mass is 385 g/mol. The van der Waals surface area contributed by atoms with Crippen molar-refractivity contribution in [2.45, 2.75) is 45.8 Å². The van der Waals surface area contributed by atoms with Gasteiger partial charge in [0, 0.05) is 37.0 Å². The first-order valence-corrected chi connectivity index (χ1v) is 9.68. The van der Waals surface area contributed by atoms with E-state index in [1.165, 1.54) is 6.07 Å². The van der Waals surface area contributed by atoms with E-state index in [1.54, 1.807) is 29.3 Å². The van der Waals surface area contributed by atoms with E-state index in [0.717, 1.165) is 30.5 Å². The van der Waals surface area contributed by atoms with Crippen LogP contribution in [-0.4, -0.2) is 39.5 Å². The lowest BCUT2D eigenvalue weighted by atomic mass is 9.97. The fourth-order valence-electron chi connectivity index (χ4n) is 3.38. The molecule has 0 atom stereocenters. The molecule has 2 aromatic rings. The number of aromatic nitrogens is 2. The maximum atomic E-state index is 14.2. The van der Waals surface area contributed by atoms with Crippen LogP contribution in [0.5, 0.6) is 0 Å². The standard InChI is InChI=1S/C22H28FN3O2/c1-5-16-6-7-20(23)19(12-16)18-13-24-26(15-18)14-17-8-10-25(11-9-17)21(27)28-22(2,3)4/h5-7,12-13,15,17H,1,8-11,14H2,2-4H3. The van der Waals surface area contributed by atoms with E-state index in [0.29, 0.717) is 24.6 Å². The molecule has 1 aromatic heterocycles. The second kappa shape index (κ2) is 8.17. The van der Waals surface area contributed by atoms with Crippen LogP contribution in [0.4, 0.5) is 9.18 Å². The number of benzene rings is 1. The smallest absolute Gasteiger partial charge is 0.410 e. The third kappa shape index (κ3) is 5.00. The number of hydrogen-bond donors (Lipinski definition) is 0. The Kier molecular flexibility index (Phi) is 5.87. The summed E-state index contributed by atoms with van der Waals surface area (Å²) in [5, 5.41) is 4.40. The zero-order chi connectivity index (χ0) is 20.3. The van der Waals surface area contributed by atoms with Gasteiger partial charge in [0.2, 0.25) is 0 Å². The van der Waals surface area contributed by atoms with Crippen molar-refractivity contribution >= 4 is 12.2 Å². The average Bonchev–Trinajstić information content (AvgIpc) is 3.09. The molecular formula is C22H28FN3O2. The van der Waals surface area contributed by atoms with Gasteiger partial charge in [-0.05, 0) is 57.2 Å². The van der Waals surface area contributed by atoms with Crippen LogP contribution >= 0.6 is 0 Å². The Labute approximate surface area is 165 Å². The first-order valence-electron chi connectivity index (χ1n) is 9.68. The van der Waals surface area contributed by atoms with Crippen molar-refractivity contribution in [1.29, 1.82) is 0 Å². The summed E-state index contributed by atoms with van der Waals surface area (Å²) in [6, 6.07) is 4.94. The normalized spacial score (nSPS) is 15.5. The average molecular weight is 385 g/mol. The molecule has 5 nitrogen and oxygen atoms in total. The molecule has 1 aromatic carbocycles. The fraction of sp³-hybridized carbons (Fsp3) is 0.455. The van der Waals surface area contributed by atoms with E-state index in [4.69, 9.17) is 4.74 Å². The van der Waals surface area contributed by atoms with Gasteiger partial charge < -0.3 is 9.64 Å². The number of likely N-dealkylation sites (tertiary alicyclic amines) is 1. The number of rotatable bonds is 4. The Morgan fingerprint density at radius 3 is 2.71 bits per heavy atom. The molecule has 2 heterocycles. The van der Waals surface area contributed by atoms with Gasteiger partial charge in [0.15, 0.2) is 0 Å². The molecule has 1 fully saturated rings. The van der Waals surface area contributed by atoms with Crippen LogP contribution in [0.3, 0.4) is 0 Å². The number of ether oxygens (including phenoxy) is 1.